The molecule has 2 spiro atoms. The highest BCUT2D eigenvalue weighted by atomic mass is 19.2. The average Bonchev–Trinajstić information content (AvgIpc) is 3.67. The summed E-state index contributed by atoms with van der Waals surface area (Å²) >= 11 is 0. The van der Waals surface area contributed by atoms with Gasteiger partial charge < -0.3 is 46.1 Å². The number of benzene rings is 4. The molecular formula is C54H60F6N8O11. The van der Waals surface area contributed by atoms with Crippen LogP contribution in [0.2, 0.25) is 0 Å². The number of carbonyl (C=O) groups is 8. The van der Waals surface area contributed by atoms with E-state index >= 15 is 4.39 Å². The number of anilines is 2. The summed E-state index contributed by atoms with van der Waals surface area (Å²) in [6, 6.07) is 11.5. The lowest BCUT2D eigenvalue weighted by Crippen LogP contribution is -2.46. The Hall–Kier alpha value is -8.22. The third-order valence-electron chi connectivity index (χ3n) is 14.5. The van der Waals surface area contributed by atoms with Crippen molar-refractivity contribution in [2.24, 2.45) is 0 Å². The van der Waals surface area contributed by atoms with E-state index in [0.717, 1.165) is 30.5 Å². The Bertz CT molecular complexity index is 3110. The molecule has 0 unspecified atom stereocenters. The van der Waals surface area contributed by atoms with Gasteiger partial charge in [0, 0.05) is 56.2 Å². The van der Waals surface area contributed by atoms with Gasteiger partial charge in [-0.25, -0.2) is 55.3 Å². The van der Waals surface area contributed by atoms with Crippen LogP contribution < -0.4 is 26.6 Å². The molecule has 4 aromatic carbocycles. The molecule has 6 N–H and O–H groups in total. The monoisotopic (exact) mass is 1110 g/mol. The fourth-order valence-corrected chi connectivity index (χ4v) is 10.7. The molecule has 0 bridgehead atoms. The number of hydrogen-bond donors (Lipinski definition) is 6. The molecule has 4 heterocycles. The Morgan fingerprint density at radius 2 is 1.10 bits per heavy atom. The Morgan fingerprint density at radius 3 is 1.54 bits per heavy atom. The molecule has 0 aromatic heterocycles. The van der Waals surface area contributed by atoms with E-state index < -0.39 is 113 Å². The first-order chi connectivity index (χ1) is 36.5. The molecule has 4 aliphatic heterocycles. The highest BCUT2D eigenvalue weighted by Gasteiger charge is 2.60. The van der Waals surface area contributed by atoms with Crippen molar-refractivity contribution >= 4 is 59.3 Å². The summed E-state index contributed by atoms with van der Waals surface area (Å²) in [5.74, 6) is -8.56. The van der Waals surface area contributed by atoms with Crippen LogP contribution in [0.1, 0.15) is 113 Å². The minimum Gasteiger partial charge on any atom is -0.480 e. The molecule has 4 fully saturated rings. The number of fused-ring (bicyclic) bond motifs is 4. The number of rotatable bonds is 8. The molecule has 0 radical (unpaired) electrons. The van der Waals surface area contributed by atoms with Crippen LogP contribution in [0.25, 0.3) is 0 Å². The van der Waals surface area contributed by atoms with Crippen molar-refractivity contribution in [3.8, 4) is 0 Å². The molecule has 10 rings (SSSR count). The van der Waals surface area contributed by atoms with Crippen molar-refractivity contribution in [2.75, 3.05) is 37.8 Å². The van der Waals surface area contributed by atoms with E-state index in [1.165, 1.54) is 61.5 Å². The maximum atomic E-state index is 15.1. The van der Waals surface area contributed by atoms with Crippen LogP contribution in [0.15, 0.2) is 60.7 Å². The van der Waals surface area contributed by atoms with Gasteiger partial charge in [-0.15, -0.1) is 0 Å². The van der Waals surface area contributed by atoms with Crippen LogP contribution in [0.4, 0.5) is 56.9 Å². The summed E-state index contributed by atoms with van der Waals surface area (Å²) in [5, 5.41) is 21.4. The van der Waals surface area contributed by atoms with Gasteiger partial charge in [-0.1, -0.05) is 39.1 Å². The maximum absolute atomic E-state index is 15.1. The number of amides is 9. The second-order valence-corrected chi connectivity index (χ2v) is 19.2. The van der Waals surface area contributed by atoms with Crippen LogP contribution in [0.3, 0.4) is 0 Å². The molecule has 4 saturated heterocycles. The molecule has 0 saturated carbocycles. The van der Waals surface area contributed by atoms with Gasteiger partial charge in [0.1, 0.15) is 24.7 Å². The summed E-state index contributed by atoms with van der Waals surface area (Å²) in [6.45, 7) is 2.45. The van der Waals surface area contributed by atoms with Gasteiger partial charge in [0.05, 0.1) is 17.4 Å². The number of urea groups is 2. The number of imide groups is 2. The number of halogens is 6. The van der Waals surface area contributed by atoms with Gasteiger partial charge in [0.25, 0.3) is 11.8 Å². The first-order valence-corrected chi connectivity index (χ1v) is 24.4. The van der Waals surface area contributed by atoms with Crippen LogP contribution in [0.5, 0.6) is 0 Å². The summed E-state index contributed by atoms with van der Waals surface area (Å²) in [6.07, 6.45) is 1.23. The van der Waals surface area contributed by atoms with Gasteiger partial charge in [-0.05, 0) is 111 Å². The van der Waals surface area contributed by atoms with Crippen molar-refractivity contribution in [1.82, 2.24) is 30.7 Å². The molecule has 4 aromatic rings. The smallest absolute Gasteiger partial charge is 0.418 e. The van der Waals surface area contributed by atoms with Gasteiger partial charge in [-0.2, -0.15) is 0 Å². The zero-order valence-corrected chi connectivity index (χ0v) is 41.8. The fraction of sp³-hybridized carbons (Fsp3) is 0.407. The van der Waals surface area contributed by atoms with E-state index in [1.807, 2.05) is 0 Å². The van der Waals surface area contributed by atoms with E-state index in [0.29, 0.717) is 34.2 Å². The maximum Gasteiger partial charge on any atom is 0.418 e. The lowest BCUT2D eigenvalue weighted by atomic mass is 9.94. The molecule has 79 heavy (non-hydrogen) atoms. The SMILES string of the molecule is C.C.CNC(=O)Nc1ccc2c(c1F)CC[C@@]21OC(=O)N(CC(=O)N2[C@@H](C)CC[C@H]2c2ccc(F)c(F)c2)C1=O.CNC(=O)Nc1ccc2c(c1F)CC[C@@]21OC(=O)N(CC(=O)O)C1=O.C[C@H]1CC[C@@H](c2ccc(F)c(F)c2)N1. The standard InChI is InChI=1S/C26H25F3N4O5.C15H14FN3O6.C11H13F2N.2CH4/c1-13-3-8-20(14-4-6-17(27)18(28)11-14)33(13)21(34)12-32-23(35)26(38-25(32)37)10-9-15-16(26)5-7-19(22(15)29)31-24(36)30-2;1-17-13(23)18-9-3-2-8-7(11(9)16)4-5-15(8)12(22)19(6-10(20)21)14(24)25-15;1-7-2-5-11(14-7)8-3-4-9(12)10(13)6-8;;/h4-7,11,13,20H,3,8-10,12H2,1-2H3,(H2,30,31,36);2-3H,4-6H2,1H3,(H,20,21)(H2,17,18,23);3-4,6-7,11,14H,2,5H2,1H3;2*1H4/t13-,20-,26+;15-;7-,11-;;/m010../s1. The molecule has 6 atom stereocenters. The van der Waals surface area contributed by atoms with Crippen molar-refractivity contribution in [3.63, 3.8) is 0 Å². The topological polar surface area (TPSA) is 245 Å². The second kappa shape index (κ2) is 23.8. The average molecular weight is 1110 g/mol. The largest absolute Gasteiger partial charge is 0.480 e. The Kier molecular flexibility index (Phi) is 18.1. The van der Waals surface area contributed by atoms with Crippen LogP contribution >= 0.6 is 0 Å². The van der Waals surface area contributed by atoms with E-state index in [4.69, 9.17) is 14.6 Å². The summed E-state index contributed by atoms with van der Waals surface area (Å²) in [4.78, 5) is 101. The number of likely N-dealkylation sites (tertiary alicyclic amines) is 1. The van der Waals surface area contributed by atoms with Crippen LogP contribution in [-0.4, -0.2) is 107 Å². The third kappa shape index (κ3) is 11.4. The molecule has 19 nitrogen and oxygen atoms in total. The molecule has 25 heteroatoms. The predicted molar refractivity (Wildman–Crippen MR) is 272 cm³/mol. The Balaban J connectivity index is 0.000000211. The number of carboxylic acids is 1. The van der Waals surface area contributed by atoms with E-state index in [9.17, 15) is 60.3 Å². The quantitative estimate of drug-likeness (QED) is 0.0909. The first-order valence-electron chi connectivity index (χ1n) is 24.4. The number of nitrogens with zero attached hydrogens (tertiary/aromatic N) is 3. The molecule has 6 aliphatic rings. The lowest BCUT2D eigenvalue weighted by Gasteiger charge is -2.30. The van der Waals surface area contributed by atoms with E-state index in [-0.39, 0.29) is 86.2 Å². The van der Waals surface area contributed by atoms with Gasteiger partial charge in [-0.3, -0.25) is 19.2 Å². The van der Waals surface area contributed by atoms with Gasteiger partial charge >= 0.3 is 30.2 Å². The minimum absolute atomic E-state index is 0. The molecule has 2 aliphatic carbocycles. The zero-order chi connectivity index (χ0) is 55.8. The molecule has 9 amide bonds. The third-order valence-corrected chi connectivity index (χ3v) is 14.5. The number of ether oxygens (including phenoxy) is 2. The first kappa shape index (κ1) is 60.0. The number of nitrogens with one attached hydrogen (secondary N) is 5. The van der Waals surface area contributed by atoms with Crippen molar-refractivity contribution < 1.29 is 79.3 Å². The Morgan fingerprint density at radius 1 is 0.633 bits per heavy atom. The van der Waals surface area contributed by atoms with Gasteiger partial charge in [0.2, 0.25) is 17.1 Å². The van der Waals surface area contributed by atoms with Crippen LogP contribution in [0, 0.1) is 34.9 Å². The van der Waals surface area contributed by atoms with Crippen molar-refractivity contribution in [2.45, 2.75) is 115 Å². The summed E-state index contributed by atoms with van der Waals surface area (Å²) in [5.41, 5.74) is -1.78. The Labute approximate surface area is 450 Å². The highest BCUT2D eigenvalue weighted by Crippen LogP contribution is 2.49. The normalized spacial score (nSPS) is 23.1. The minimum atomic E-state index is -1.77. The predicted octanol–water partition coefficient (Wildman–Crippen LogP) is 8.56. The highest BCUT2D eigenvalue weighted by molar-refractivity contribution is 6.07. The molecular weight excluding hydrogens is 1050 g/mol. The van der Waals surface area contributed by atoms with E-state index in [2.05, 4.69) is 33.5 Å². The number of aliphatic carboxylic acids is 1. The molecule has 424 valence electrons. The number of carbonyl (C=O) groups excluding carboxylic acids is 7. The second-order valence-electron chi connectivity index (χ2n) is 19.2. The van der Waals surface area contributed by atoms with Gasteiger partial charge in [0.15, 0.2) is 23.3 Å². The summed E-state index contributed by atoms with van der Waals surface area (Å²) in [7, 11) is 2.76. The summed E-state index contributed by atoms with van der Waals surface area (Å²) < 4.78 is 93.3. The number of carboxylic acid groups (broad SMARTS) is 1. The lowest BCUT2D eigenvalue weighted by molar-refractivity contribution is -0.144. The van der Waals surface area contributed by atoms with Crippen molar-refractivity contribution in [1.29, 1.82) is 0 Å². The number of hydrogen-bond acceptors (Lipinski definition) is 11. The fourth-order valence-electron chi connectivity index (χ4n) is 10.7. The van der Waals surface area contributed by atoms with E-state index in [1.54, 1.807) is 13.0 Å². The zero-order valence-electron chi connectivity index (χ0n) is 41.8. The van der Waals surface area contributed by atoms with Crippen molar-refractivity contribution in [3.05, 3.63) is 129 Å². The van der Waals surface area contributed by atoms with Crippen LogP contribution in [-0.2, 0) is 52.7 Å².